The molecule has 2 heterocycles. The predicted molar refractivity (Wildman–Crippen MR) is 96.2 cm³/mol. The molecule has 0 radical (unpaired) electrons. The SMILES string of the molecule is Cn1cnc(C(N)=O)c1C(=O)Nc1ccc(NC(=O)c2cncs2)cc1. The Morgan fingerprint density at radius 2 is 1.69 bits per heavy atom. The Morgan fingerprint density at radius 3 is 2.23 bits per heavy atom. The number of nitrogens with zero attached hydrogens (tertiary/aromatic N) is 3. The van der Waals surface area contributed by atoms with Gasteiger partial charge in [-0.05, 0) is 24.3 Å². The third-order valence-corrected chi connectivity index (χ3v) is 4.21. The maximum Gasteiger partial charge on any atom is 0.274 e. The van der Waals surface area contributed by atoms with Gasteiger partial charge in [-0.1, -0.05) is 0 Å². The van der Waals surface area contributed by atoms with Crippen molar-refractivity contribution in [2.45, 2.75) is 0 Å². The second kappa shape index (κ2) is 7.15. The molecule has 0 saturated heterocycles. The maximum absolute atomic E-state index is 12.4. The molecule has 0 unspecified atom stereocenters. The van der Waals surface area contributed by atoms with Crippen molar-refractivity contribution in [3.63, 3.8) is 0 Å². The van der Waals surface area contributed by atoms with E-state index in [1.165, 1.54) is 28.4 Å². The molecule has 0 fully saturated rings. The fourth-order valence-corrected chi connectivity index (χ4v) is 2.74. The molecule has 0 aliphatic carbocycles. The van der Waals surface area contributed by atoms with Crippen LogP contribution < -0.4 is 16.4 Å². The summed E-state index contributed by atoms with van der Waals surface area (Å²) < 4.78 is 1.42. The highest BCUT2D eigenvalue weighted by Crippen LogP contribution is 2.17. The number of carbonyl (C=O) groups is 3. The zero-order chi connectivity index (χ0) is 18.7. The minimum absolute atomic E-state index is 0.0695. The lowest BCUT2D eigenvalue weighted by atomic mass is 10.2. The van der Waals surface area contributed by atoms with E-state index in [1.807, 2.05) is 0 Å². The summed E-state index contributed by atoms with van der Waals surface area (Å²) in [4.78, 5) is 43.9. The predicted octanol–water partition coefficient (Wildman–Crippen LogP) is 1.48. The van der Waals surface area contributed by atoms with E-state index in [-0.39, 0.29) is 17.3 Å². The van der Waals surface area contributed by atoms with Crippen LogP contribution in [0.3, 0.4) is 0 Å². The fourth-order valence-electron chi connectivity index (χ4n) is 2.23. The van der Waals surface area contributed by atoms with Crippen LogP contribution >= 0.6 is 11.3 Å². The van der Waals surface area contributed by atoms with Gasteiger partial charge in [0.05, 0.1) is 18.0 Å². The zero-order valence-electron chi connectivity index (χ0n) is 13.6. The van der Waals surface area contributed by atoms with Gasteiger partial charge in [-0.3, -0.25) is 19.4 Å². The largest absolute Gasteiger partial charge is 0.364 e. The van der Waals surface area contributed by atoms with E-state index < -0.39 is 11.8 Å². The fraction of sp³-hybridized carbons (Fsp3) is 0.0625. The molecular weight excluding hydrogens is 356 g/mol. The molecule has 3 rings (SSSR count). The molecule has 0 bridgehead atoms. The zero-order valence-corrected chi connectivity index (χ0v) is 14.4. The summed E-state index contributed by atoms with van der Waals surface area (Å²) in [6, 6.07) is 6.54. The van der Waals surface area contributed by atoms with Crippen LogP contribution in [0.5, 0.6) is 0 Å². The highest BCUT2D eigenvalue weighted by molar-refractivity contribution is 7.11. The normalized spacial score (nSPS) is 10.3. The Balaban J connectivity index is 1.70. The van der Waals surface area contributed by atoms with Gasteiger partial charge in [0.25, 0.3) is 17.7 Å². The first-order valence-electron chi connectivity index (χ1n) is 7.38. The van der Waals surface area contributed by atoms with E-state index in [2.05, 4.69) is 20.6 Å². The van der Waals surface area contributed by atoms with Crippen LogP contribution in [-0.4, -0.2) is 32.3 Å². The van der Waals surface area contributed by atoms with Gasteiger partial charge in [0.1, 0.15) is 10.6 Å². The minimum Gasteiger partial charge on any atom is -0.364 e. The molecule has 0 atom stereocenters. The number of nitrogens with one attached hydrogen (secondary N) is 2. The van der Waals surface area contributed by atoms with Crippen LogP contribution in [0.2, 0.25) is 0 Å². The average Bonchev–Trinajstić information content (AvgIpc) is 3.26. The maximum atomic E-state index is 12.4. The van der Waals surface area contributed by atoms with E-state index in [4.69, 9.17) is 5.73 Å². The Labute approximate surface area is 151 Å². The van der Waals surface area contributed by atoms with Crippen molar-refractivity contribution in [3.8, 4) is 0 Å². The van der Waals surface area contributed by atoms with Gasteiger partial charge in [-0.2, -0.15) is 0 Å². The first kappa shape index (κ1) is 17.3. The number of imidazole rings is 1. The molecular formula is C16H14N6O3S. The second-order valence-electron chi connectivity index (χ2n) is 5.27. The van der Waals surface area contributed by atoms with E-state index >= 15 is 0 Å². The number of amides is 3. The number of primary amides is 1. The third kappa shape index (κ3) is 3.59. The molecule has 0 aliphatic rings. The summed E-state index contributed by atoms with van der Waals surface area (Å²) in [5, 5.41) is 5.39. The van der Waals surface area contributed by atoms with Gasteiger partial charge in [-0.15, -0.1) is 11.3 Å². The third-order valence-electron chi connectivity index (χ3n) is 3.44. The van der Waals surface area contributed by atoms with Crippen LogP contribution in [0, 0.1) is 0 Å². The van der Waals surface area contributed by atoms with Gasteiger partial charge in [-0.25, -0.2) is 4.98 Å². The standard InChI is InChI=1S/C16H14N6O3S/c1-22-7-19-12(14(17)23)13(22)16(25)21-10-4-2-9(3-5-10)20-15(24)11-6-18-8-26-11/h2-8H,1H3,(H2,17,23)(H,20,24)(H,21,25). The van der Waals surface area contributed by atoms with Crippen LogP contribution in [-0.2, 0) is 7.05 Å². The molecule has 9 nitrogen and oxygen atoms in total. The number of benzene rings is 1. The molecule has 1 aromatic carbocycles. The number of thiazole rings is 1. The highest BCUT2D eigenvalue weighted by atomic mass is 32.1. The topological polar surface area (TPSA) is 132 Å². The van der Waals surface area contributed by atoms with Crippen LogP contribution in [0.25, 0.3) is 0 Å². The molecule has 26 heavy (non-hydrogen) atoms. The molecule has 0 aliphatic heterocycles. The van der Waals surface area contributed by atoms with Crippen molar-refractivity contribution in [1.82, 2.24) is 14.5 Å². The Kier molecular flexibility index (Phi) is 4.76. The average molecular weight is 370 g/mol. The molecule has 0 saturated carbocycles. The summed E-state index contributed by atoms with van der Waals surface area (Å²) in [6.07, 6.45) is 2.83. The summed E-state index contributed by atoms with van der Waals surface area (Å²) in [5.74, 6) is -1.55. The summed E-state index contributed by atoms with van der Waals surface area (Å²) >= 11 is 1.24. The van der Waals surface area contributed by atoms with Crippen LogP contribution in [0.4, 0.5) is 11.4 Å². The molecule has 132 valence electrons. The van der Waals surface area contributed by atoms with Crippen LogP contribution in [0.15, 0.2) is 42.3 Å². The summed E-state index contributed by atoms with van der Waals surface area (Å²) in [6.45, 7) is 0. The van der Waals surface area contributed by atoms with Crippen molar-refractivity contribution >= 4 is 40.4 Å². The number of rotatable bonds is 5. The first-order chi connectivity index (χ1) is 12.5. The highest BCUT2D eigenvalue weighted by Gasteiger charge is 2.20. The molecule has 3 amide bonds. The van der Waals surface area contributed by atoms with Gasteiger partial charge in [0, 0.05) is 18.4 Å². The Morgan fingerprint density at radius 1 is 1.08 bits per heavy atom. The lowest BCUT2D eigenvalue weighted by Crippen LogP contribution is -2.22. The quantitative estimate of drug-likeness (QED) is 0.626. The van der Waals surface area contributed by atoms with Crippen molar-refractivity contribution < 1.29 is 14.4 Å². The van der Waals surface area contributed by atoms with Crippen molar-refractivity contribution in [3.05, 3.63) is 58.6 Å². The summed E-state index contributed by atoms with van der Waals surface area (Å²) in [7, 11) is 1.59. The van der Waals surface area contributed by atoms with Crippen molar-refractivity contribution in [2.24, 2.45) is 12.8 Å². The van der Waals surface area contributed by atoms with Crippen molar-refractivity contribution in [2.75, 3.05) is 10.6 Å². The van der Waals surface area contributed by atoms with E-state index in [0.717, 1.165) is 0 Å². The summed E-state index contributed by atoms with van der Waals surface area (Å²) in [5.41, 5.74) is 7.83. The van der Waals surface area contributed by atoms with Gasteiger partial charge < -0.3 is 20.9 Å². The smallest absolute Gasteiger partial charge is 0.274 e. The first-order valence-corrected chi connectivity index (χ1v) is 8.26. The van der Waals surface area contributed by atoms with Gasteiger partial charge in [0.2, 0.25) is 0 Å². The number of hydrogen-bond acceptors (Lipinski definition) is 6. The minimum atomic E-state index is -0.781. The van der Waals surface area contributed by atoms with E-state index in [9.17, 15) is 14.4 Å². The molecule has 2 aromatic heterocycles. The molecule has 10 heteroatoms. The number of carbonyl (C=O) groups excluding carboxylic acids is 3. The second-order valence-corrected chi connectivity index (χ2v) is 6.15. The lowest BCUT2D eigenvalue weighted by Gasteiger charge is -2.08. The monoisotopic (exact) mass is 370 g/mol. The number of hydrogen-bond donors (Lipinski definition) is 3. The Bertz CT molecular complexity index is 963. The Hall–Kier alpha value is -3.53. The molecule has 4 N–H and O–H groups in total. The van der Waals surface area contributed by atoms with Crippen molar-refractivity contribution in [1.29, 1.82) is 0 Å². The molecule has 3 aromatic rings. The van der Waals surface area contributed by atoms with E-state index in [0.29, 0.717) is 16.3 Å². The van der Waals surface area contributed by atoms with Gasteiger partial charge >= 0.3 is 0 Å². The number of aromatic nitrogens is 3. The van der Waals surface area contributed by atoms with Crippen LogP contribution in [0.1, 0.15) is 30.6 Å². The van der Waals surface area contributed by atoms with E-state index in [1.54, 1.807) is 36.8 Å². The number of anilines is 2. The number of nitrogens with two attached hydrogens (primary N) is 1. The lowest BCUT2D eigenvalue weighted by molar-refractivity contribution is 0.0970. The van der Waals surface area contributed by atoms with Gasteiger partial charge in [0.15, 0.2) is 5.69 Å². The molecule has 0 spiro atoms. The number of aryl methyl sites for hydroxylation is 1.